The maximum absolute atomic E-state index is 11.5. The van der Waals surface area contributed by atoms with Crippen LogP contribution in [0, 0.1) is 11.8 Å². The summed E-state index contributed by atoms with van der Waals surface area (Å²) in [6, 6.07) is 5.19. The average Bonchev–Trinajstić information content (AvgIpc) is 3.32. The Kier molecular flexibility index (Phi) is 6.06. The van der Waals surface area contributed by atoms with Gasteiger partial charge in [-0.3, -0.25) is 0 Å². The molecule has 0 saturated heterocycles. The monoisotopic (exact) mass is 356 g/mol. The first kappa shape index (κ1) is 16.3. The van der Waals surface area contributed by atoms with Crippen LogP contribution < -0.4 is 4.74 Å². The summed E-state index contributed by atoms with van der Waals surface area (Å²) in [6.45, 7) is 0.890. The Balaban J connectivity index is 1.94. The molecule has 1 aliphatic rings. The Labute approximate surface area is 133 Å². The molecule has 21 heavy (non-hydrogen) atoms. The van der Waals surface area contributed by atoms with Crippen LogP contribution in [-0.2, 0) is 4.74 Å². The molecule has 1 fully saturated rings. The third-order valence-electron chi connectivity index (χ3n) is 3.83. The third-order valence-corrected chi connectivity index (χ3v) is 4.45. The van der Waals surface area contributed by atoms with E-state index >= 15 is 0 Å². The highest BCUT2D eigenvalue weighted by Gasteiger charge is 2.31. The fraction of sp³-hybridized carbons (Fsp3) is 0.562. The Bertz CT molecular complexity index is 485. The highest BCUT2D eigenvalue weighted by molar-refractivity contribution is 9.10. The quantitative estimate of drug-likeness (QED) is 0.725. The van der Waals surface area contributed by atoms with E-state index in [-0.39, 0.29) is 12.6 Å². The fourth-order valence-electron chi connectivity index (χ4n) is 2.44. The Hall–Kier alpha value is -1.07. The van der Waals surface area contributed by atoms with Crippen LogP contribution in [0.25, 0.3) is 0 Å². The highest BCUT2D eigenvalue weighted by atomic mass is 79.9. The van der Waals surface area contributed by atoms with Crippen LogP contribution in [0.2, 0.25) is 0 Å². The number of benzene rings is 1. The summed E-state index contributed by atoms with van der Waals surface area (Å²) < 4.78 is 11.3. The van der Waals surface area contributed by atoms with Gasteiger partial charge in [0.1, 0.15) is 5.75 Å². The third kappa shape index (κ3) is 4.71. The summed E-state index contributed by atoms with van der Waals surface area (Å²) in [5.41, 5.74) is 0.496. The van der Waals surface area contributed by atoms with Gasteiger partial charge in [0.25, 0.3) is 0 Å². The molecule has 0 spiro atoms. The van der Waals surface area contributed by atoms with Gasteiger partial charge < -0.3 is 14.6 Å². The minimum Gasteiger partial charge on any atom is -0.492 e. The minimum absolute atomic E-state index is 0.237. The largest absolute Gasteiger partial charge is 0.492 e. The molecule has 1 aliphatic carbocycles. The lowest BCUT2D eigenvalue weighted by atomic mass is 9.99. The molecule has 0 amide bonds. The van der Waals surface area contributed by atoms with Gasteiger partial charge in [-0.15, -0.1) is 0 Å². The molecule has 1 unspecified atom stereocenters. The molecule has 0 aromatic heterocycles. The zero-order valence-electron chi connectivity index (χ0n) is 12.2. The summed E-state index contributed by atoms with van der Waals surface area (Å²) in [4.78, 5) is 11.5. The summed E-state index contributed by atoms with van der Waals surface area (Å²) in [6.07, 6.45) is 4.36. The maximum atomic E-state index is 11.5. The lowest BCUT2D eigenvalue weighted by Gasteiger charge is -2.17. The topological polar surface area (TPSA) is 55.8 Å². The van der Waals surface area contributed by atoms with Gasteiger partial charge in [0, 0.05) is 6.61 Å². The molecule has 116 valence electrons. The van der Waals surface area contributed by atoms with Crippen molar-refractivity contribution in [2.24, 2.45) is 11.8 Å². The van der Waals surface area contributed by atoms with Crippen LogP contribution in [-0.4, -0.2) is 31.4 Å². The number of aliphatic hydroxyl groups is 1. The van der Waals surface area contributed by atoms with Crippen molar-refractivity contribution < 1.29 is 19.4 Å². The molecule has 0 bridgehead atoms. The summed E-state index contributed by atoms with van der Waals surface area (Å²) in [5, 5.41) is 8.96. The number of rotatable bonds is 8. The smallest absolute Gasteiger partial charge is 0.337 e. The maximum Gasteiger partial charge on any atom is 0.337 e. The first-order valence-corrected chi connectivity index (χ1v) is 8.06. The van der Waals surface area contributed by atoms with Gasteiger partial charge in [-0.05, 0) is 71.6 Å². The Morgan fingerprint density at radius 1 is 1.48 bits per heavy atom. The van der Waals surface area contributed by atoms with Crippen LogP contribution in [0.1, 0.15) is 36.0 Å². The van der Waals surface area contributed by atoms with Crippen molar-refractivity contribution in [3.8, 4) is 5.75 Å². The second kappa shape index (κ2) is 7.80. The van der Waals surface area contributed by atoms with Gasteiger partial charge in [-0.2, -0.15) is 0 Å². The van der Waals surface area contributed by atoms with Crippen LogP contribution in [0.5, 0.6) is 5.75 Å². The number of halogens is 1. The number of methoxy groups -OCH3 is 1. The van der Waals surface area contributed by atoms with Crippen LogP contribution in [0.3, 0.4) is 0 Å². The predicted molar refractivity (Wildman–Crippen MR) is 83.5 cm³/mol. The standard InChI is InChI=1S/C16H21BrO4/c1-20-16(19)12-6-7-15(14(17)9-12)21-10-13(3-2-8-18)11-4-5-11/h6-7,9,11,13,18H,2-5,8,10H2,1H3. The van der Waals surface area contributed by atoms with Crippen molar-refractivity contribution in [3.05, 3.63) is 28.2 Å². The van der Waals surface area contributed by atoms with Crippen molar-refractivity contribution in [3.63, 3.8) is 0 Å². The van der Waals surface area contributed by atoms with E-state index in [2.05, 4.69) is 20.7 Å². The normalized spacial score (nSPS) is 15.6. The van der Waals surface area contributed by atoms with Gasteiger partial charge >= 0.3 is 5.97 Å². The number of aliphatic hydroxyl groups excluding tert-OH is 1. The molecule has 1 atom stereocenters. The molecular formula is C16H21BrO4. The first-order valence-electron chi connectivity index (χ1n) is 7.27. The number of carbonyl (C=O) groups is 1. The van der Waals surface area contributed by atoms with Gasteiger partial charge in [-0.1, -0.05) is 0 Å². The molecule has 5 heteroatoms. The molecule has 1 N–H and O–H groups in total. The molecule has 2 rings (SSSR count). The van der Waals surface area contributed by atoms with E-state index in [4.69, 9.17) is 9.84 Å². The summed E-state index contributed by atoms with van der Waals surface area (Å²) in [7, 11) is 1.36. The van der Waals surface area contributed by atoms with E-state index in [0.717, 1.165) is 29.0 Å². The van der Waals surface area contributed by atoms with Gasteiger partial charge in [0.05, 0.1) is 23.8 Å². The molecule has 1 aromatic carbocycles. The van der Waals surface area contributed by atoms with Crippen LogP contribution >= 0.6 is 15.9 Å². The summed E-state index contributed by atoms with van der Waals surface area (Å²) >= 11 is 3.43. The van der Waals surface area contributed by atoms with E-state index < -0.39 is 0 Å². The van der Waals surface area contributed by atoms with Crippen molar-refractivity contribution in [2.75, 3.05) is 20.3 Å². The molecule has 1 aromatic rings. The minimum atomic E-state index is -0.360. The van der Waals surface area contributed by atoms with Crippen LogP contribution in [0.15, 0.2) is 22.7 Å². The van der Waals surface area contributed by atoms with Crippen molar-refractivity contribution in [1.82, 2.24) is 0 Å². The number of carbonyl (C=O) groups excluding carboxylic acids is 1. The fourth-order valence-corrected chi connectivity index (χ4v) is 2.93. The second-order valence-corrected chi connectivity index (χ2v) is 6.27. The molecule has 1 saturated carbocycles. The molecular weight excluding hydrogens is 336 g/mol. The van der Waals surface area contributed by atoms with Gasteiger partial charge in [0.15, 0.2) is 0 Å². The number of esters is 1. The molecule has 0 aliphatic heterocycles. The van der Waals surface area contributed by atoms with Crippen LogP contribution in [0.4, 0.5) is 0 Å². The lowest BCUT2D eigenvalue weighted by molar-refractivity contribution is 0.0600. The molecule has 0 heterocycles. The molecule has 0 radical (unpaired) electrons. The van der Waals surface area contributed by atoms with Gasteiger partial charge in [-0.25, -0.2) is 4.79 Å². The highest BCUT2D eigenvalue weighted by Crippen LogP contribution is 2.39. The predicted octanol–water partition coefficient (Wildman–Crippen LogP) is 3.41. The first-order chi connectivity index (χ1) is 10.2. The SMILES string of the molecule is COC(=O)c1ccc(OCC(CCCO)C2CC2)c(Br)c1. The van der Waals surface area contributed by atoms with Crippen molar-refractivity contribution in [2.45, 2.75) is 25.7 Å². The Morgan fingerprint density at radius 2 is 2.24 bits per heavy atom. The second-order valence-electron chi connectivity index (χ2n) is 5.41. The average molecular weight is 357 g/mol. The zero-order chi connectivity index (χ0) is 15.2. The van der Waals surface area contributed by atoms with Crippen molar-refractivity contribution in [1.29, 1.82) is 0 Å². The van der Waals surface area contributed by atoms with E-state index in [1.807, 2.05) is 0 Å². The Morgan fingerprint density at radius 3 is 2.81 bits per heavy atom. The number of hydrogen-bond donors (Lipinski definition) is 1. The summed E-state index contributed by atoms with van der Waals surface area (Å²) in [5.74, 6) is 1.62. The van der Waals surface area contributed by atoms with E-state index in [0.29, 0.717) is 18.1 Å². The zero-order valence-corrected chi connectivity index (χ0v) is 13.8. The van der Waals surface area contributed by atoms with E-state index in [1.165, 1.54) is 20.0 Å². The molecule has 4 nitrogen and oxygen atoms in total. The van der Waals surface area contributed by atoms with E-state index in [9.17, 15) is 4.79 Å². The lowest BCUT2D eigenvalue weighted by Crippen LogP contribution is -2.15. The van der Waals surface area contributed by atoms with Crippen molar-refractivity contribution >= 4 is 21.9 Å². The number of ether oxygens (including phenoxy) is 2. The van der Waals surface area contributed by atoms with Gasteiger partial charge in [0.2, 0.25) is 0 Å². The number of hydrogen-bond acceptors (Lipinski definition) is 4. The van der Waals surface area contributed by atoms with E-state index in [1.54, 1.807) is 18.2 Å².